The maximum Gasteiger partial charge on any atom is 0.265 e. The molecule has 3 rings (SSSR count). The second-order valence-electron chi connectivity index (χ2n) is 7.16. The Hall–Kier alpha value is -3.46. The van der Waals surface area contributed by atoms with Crippen molar-refractivity contribution in [3.05, 3.63) is 83.9 Å². The van der Waals surface area contributed by atoms with Crippen molar-refractivity contribution in [3.8, 4) is 5.75 Å². The van der Waals surface area contributed by atoms with Gasteiger partial charge in [0.2, 0.25) is 0 Å². The standard InChI is InChI=1S/C23H22F2N2O4S/c1-15-4-11-20(12-5-15)32(29,30)27(3)18-7-9-19(10-8-18)31-16(2)23(28)26-17-6-13-21(24)22(25)14-17/h4-14,16H,1-3H3,(H,26,28). The molecule has 0 fully saturated rings. The Morgan fingerprint density at radius 3 is 2.19 bits per heavy atom. The summed E-state index contributed by atoms with van der Waals surface area (Å²) in [4.78, 5) is 12.4. The molecule has 0 radical (unpaired) electrons. The van der Waals surface area contributed by atoms with Gasteiger partial charge in [0.25, 0.3) is 15.9 Å². The largest absolute Gasteiger partial charge is 0.481 e. The van der Waals surface area contributed by atoms with E-state index in [4.69, 9.17) is 4.74 Å². The normalized spacial score (nSPS) is 12.2. The molecule has 1 atom stereocenters. The fraction of sp³-hybridized carbons (Fsp3) is 0.174. The monoisotopic (exact) mass is 460 g/mol. The lowest BCUT2D eigenvalue weighted by atomic mass is 10.2. The molecule has 1 unspecified atom stereocenters. The highest BCUT2D eigenvalue weighted by Gasteiger charge is 2.21. The van der Waals surface area contributed by atoms with Gasteiger partial charge in [-0.25, -0.2) is 17.2 Å². The van der Waals surface area contributed by atoms with Crippen molar-refractivity contribution >= 4 is 27.3 Å². The Balaban J connectivity index is 1.66. The number of carbonyl (C=O) groups excluding carboxylic acids is 1. The minimum atomic E-state index is -3.73. The lowest BCUT2D eigenvalue weighted by Crippen LogP contribution is -2.30. The van der Waals surface area contributed by atoms with Crippen LogP contribution >= 0.6 is 0 Å². The summed E-state index contributed by atoms with van der Waals surface area (Å²) in [7, 11) is -2.28. The first kappa shape index (κ1) is 23.2. The lowest BCUT2D eigenvalue weighted by molar-refractivity contribution is -0.122. The number of hydrogen-bond acceptors (Lipinski definition) is 4. The van der Waals surface area contributed by atoms with Crippen molar-refractivity contribution in [1.82, 2.24) is 0 Å². The second-order valence-corrected chi connectivity index (χ2v) is 9.13. The zero-order valence-electron chi connectivity index (χ0n) is 17.7. The molecule has 168 valence electrons. The maximum absolute atomic E-state index is 13.3. The number of ether oxygens (including phenoxy) is 1. The molecular formula is C23H22F2N2O4S. The summed E-state index contributed by atoms with van der Waals surface area (Å²) < 4.78 is 58.6. The van der Waals surface area contributed by atoms with E-state index >= 15 is 0 Å². The van der Waals surface area contributed by atoms with Gasteiger partial charge in [-0.3, -0.25) is 9.10 Å². The zero-order chi connectivity index (χ0) is 23.5. The third-order valence-corrected chi connectivity index (χ3v) is 6.55. The minimum absolute atomic E-state index is 0.0997. The Morgan fingerprint density at radius 1 is 0.969 bits per heavy atom. The lowest BCUT2D eigenvalue weighted by Gasteiger charge is -2.20. The van der Waals surface area contributed by atoms with Crippen molar-refractivity contribution in [2.45, 2.75) is 24.8 Å². The summed E-state index contributed by atoms with van der Waals surface area (Å²) in [5, 5.41) is 2.44. The molecule has 0 heterocycles. The Bertz CT molecular complexity index is 1210. The van der Waals surface area contributed by atoms with E-state index in [-0.39, 0.29) is 10.6 Å². The van der Waals surface area contributed by atoms with Crippen LogP contribution in [0.15, 0.2) is 71.6 Å². The predicted octanol–water partition coefficient (Wildman–Crippen LogP) is 4.50. The molecule has 1 N–H and O–H groups in total. The van der Waals surface area contributed by atoms with Gasteiger partial charge in [0.05, 0.1) is 10.6 Å². The van der Waals surface area contributed by atoms with Gasteiger partial charge < -0.3 is 10.1 Å². The SMILES string of the molecule is Cc1ccc(S(=O)(=O)N(C)c2ccc(OC(C)C(=O)Nc3ccc(F)c(F)c3)cc2)cc1. The molecular weight excluding hydrogens is 438 g/mol. The van der Waals surface area contributed by atoms with E-state index in [1.807, 2.05) is 6.92 Å². The summed E-state index contributed by atoms with van der Waals surface area (Å²) in [5.41, 5.74) is 1.47. The minimum Gasteiger partial charge on any atom is -0.481 e. The van der Waals surface area contributed by atoms with Gasteiger partial charge in [-0.05, 0) is 62.4 Å². The fourth-order valence-electron chi connectivity index (χ4n) is 2.82. The number of carbonyl (C=O) groups is 1. The Labute approximate surface area is 185 Å². The van der Waals surface area contributed by atoms with Gasteiger partial charge in [-0.15, -0.1) is 0 Å². The number of aryl methyl sites for hydroxylation is 1. The quantitative estimate of drug-likeness (QED) is 0.563. The predicted molar refractivity (Wildman–Crippen MR) is 118 cm³/mol. The summed E-state index contributed by atoms with van der Waals surface area (Å²) in [6.07, 6.45) is -0.942. The molecule has 0 saturated carbocycles. The van der Waals surface area contributed by atoms with Gasteiger partial charge >= 0.3 is 0 Å². The summed E-state index contributed by atoms with van der Waals surface area (Å²) in [6, 6.07) is 15.8. The van der Waals surface area contributed by atoms with Crippen molar-refractivity contribution in [1.29, 1.82) is 0 Å². The fourth-order valence-corrected chi connectivity index (χ4v) is 4.01. The van der Waals surface area contributed by atoms with Crippen LogP contribution in [0, 0.1) is 18.6 Å². The first-order chi connectivity index (χ1) is 15.1. The van der Waals surface area contributed by atoms with Gasteiger partial charge in [-0.2, -0.15) is 0 Å². The third-order valence-electron chi connectivity index (χ3n) is 4.75. The molecule has 0 saturated heterocycles. The first-order valence-electron chi connectivity index (χ1n) is 9.66. The number of sulfonamides is 1. The van der Waals surface area contributed by atoms with Crippen LogP contribution in [0.4, 0.5) is 20.2 Å². The number of anilines is 2. The Morgan fingerprint density at radius 2 is 1.59 bits per heavy atom. The molecule has 0 aliphatic heterocycles. The molecule has 6 nitrogen and oxygen atoms in total. The van der Waals surface area contributed by atoms with Crippen LogP contribution in [0.5, 0.6) is 5.75 Å². The Kier molecular flexibility index (Phi) is 6.78. The number of halogens is 2. The van der Waals surface area contributed by atoms with E-state index in [0.717, 1.165) is 22.0 Å². The smallest absolute Gasteiger partial charge is 0.265 e. The summed E-state index contributed by atoms with van der Waals surface area (Å²) >= 11 is 0. The average Bonchev–Trinajstić information content (AvgIpc) is 2.76. The molecule has 0 aromatic heterocycles. The highest BCUT2D eigenvalue weighted by Crippen LogP contribution is 2.25. The van der Waals surface area contributed by atoms with E-state index in [9.17, 15) is 22.0 Å². The summed E-state index contributed by atoms with van der Waals surface area (Å²) in [5.74, 6) is -2.31. The van der Waals surface area contributed by atoms with Crippen LogP contribution in [-0.4, -0.2) is 27.5 Å². The van der Waals surface area contributed by atoms with Crippen molar-refractivity contribution in [2.24, 2.45) is 0 Å². The van der Waals surface area contributed by atoms with E-state index in [1.165, 1.54) is 32.2 Å². The molecule has 9 heteroatoms. The molecule has 1 amide bonds. The van der Waals surface area contributed by atoms with Gasteiger partial charge in [0.15, 0.2) is 17.7 Å². The number of nitrogens with zero attached hydrogens (tertiary/aromatic N) is 1. The van der Waals surface area contributed by atoms with Crippen LogP contribution in [0.3, 0.4) is 0 Å². The van der Waals surface area contributed by atoms with Crippen LogP contribution < -0.4 is 14.4 Å². The number of hydrogen-bond donors (Lipinski definition) is 1. The topological polar surface area (TPSA) is 75.7 Å². The van der Waals surface area contributed by atoms with E-state index in [0.29, 0.717) is 11.4 Å². The van der Waals surface area contributed by atoms with E-state index < -0.39 is 33.7 Å². The van der Waals surface area contributed by atoms with Gasteiger partial charge in [0.1, 0.15) is 5.75 Å². The van der Waals surface area contributed by atoms with Crippen molar-refractivity contribution in [2.75, 3.05) is 16.7 Å². The van der Waals surface area contributed by atoms with Crippen molar-refractivity contribution in [3.63, 3.8) is 0 Å². The van der Waals surface area contributed by atoms with Crippen LogP contribution in [-0.2, 0) is 14.8 Å². The molecule has 32 heavy (non-hydrogen) atoms. The molecule has 3 aromatic carbocycles. The molecule has 0 aliphatic carbocycles. The average molecular weight is 461 g/mol. The summed E-state index contributed by atoms with van der Waals surface area (Å²) in [6.45, 7) is 3.37. The van der Waals surface area contributed by atoms with Crippen LogP contribution in [0.25, 0.3) is 0 Å². The van der Waals surface area contributed by atoms with E-state index in [1.54, 1.807) is 36.4 Å². The number of rotatable bonds is 7. The molecule has 0 spiro atoms. The number of amides is 1. The van der Waals surface area contributed by atoms with Crippen LogP contribution in [0.1, 0.15) is 12.5 Å². The molecule has 3 aromatic rings. The van der Waals surface area contributed by atoms with Crippen molar-refractivity contribution < 1.29 is 26.7 Å². The first-order valence-corrected chi connectivity index (χ1v) is 11.1. The highest BCUT2D eigenvalue weighted by molar-refractivity contribution is 7.92. The molecule has 0 bridgehead atoms. The van der Waals surface area contributed by atoms with Crippen LogP contribution in [0.2, 0.25) is 0 Å². The van der Waals surface area contributed by atoms with Gasteiger partial charge in [-0.1, -0.05) is 17.7 Å². The second kappa shape index (κ2) is 9.35. The number of benzene rings is 3. The highest BCUT2D eigenvalue weighted by atomic mass is 32.2. The third kappa shape index (κ3) is 5.23. The maximum atomic E-state index is 13.3. The molecule has 0 aliphatic rings. The zero-order valence-corrected chi connectivity index (χ0v) is 18.5. The van der Waals surface area contributed by atoms with E-state index in [2.05, 4.69) is 5.32 Å². The number of nitrogens with one attached hydrogen (secondary N) is 1. The van der Waals surface area contributed by atoms with Gasteiger partial charge in [0, 0.05) is 18.8 Å².